The standard InChI is InChI=1S/C13H14F2N2O2S2/c1-7-6-10(11(18)19-7)17-13(20)16-8-2-4-9(5-3-8)21-12(14)15/h2-5,7,10,12H,6H2,1H3,(H2,16,17,20)/t7-,10-/m1/s1. The fourth-order valence-electron chi connectivity index (χ4n) is 1.92. The summed E-state index contributed by atoms with van der Waals surface area (Å²) in [5.41, 5.74) is 0.658. The number of benzene rings is 1. The van der Waals surface area contributed by atoms with Gasteiger partial charge in [-0.05, 0) is 43.4 Å². The molecule has 0 aromatic heterocycles. The molecule has 2 atom stereocenters. The van der Waals surface area contributed by atoms with E-state index in [1.807, 2.05) is 6.92 Å². The van der Waals surface area contributed by atoms with Gasteiger partial charge in [-0.2, -0.15) is 8.78 Å². The van der Waals surface area contributed by atoms with Crippen LogP contribution >= 0.6 is 24.0 Å². The quantitative estimate of drug-likeness (QED) is 0.502. The maximum Gasteiger partial charge on any atom is 0.329 e. The number of carbonyl (C=O) groups is 1. The molecule has 1 aliphatic rings. The van der Waals surface area contributed by atoms with Gasteiger partial charge in [-0.15, -0.1) is 0 Å². The molecule has 2 rings (SSSR count). The third-order valence-corrected chi connectivity index (χ3v) is 3.75. The van der Waals surface area contributed by atoms with Crippen LogP contribution in [0.25, 0.3) is 0 Å². The molecule has 0 aliphatic carbocycles. The number of nitrogens with one attached hydrogen (secondary N) is 2. The molecule has 8 heteroatoms. The Kier molecular flexibility index (Phi) is 5.35. The fourth-order valence-corrected chi connectivity index (χ4v) is 2.68. The number of rotatable bonds is 4. The first kappa shape index (κ1) is 16.0. The molecule has 0 amide bonds. The minimum Gasteiger partial charge on any atom is -0.461 e. The van der Waals surface area contributed by atoms with E-state index < -0.39 is 11.8 Å². The molecule has 0 bridgehead atoms. The zero-order chi connectivity index (χ0) is 15.4. The molecule has 0 spiro atoms. The molecule has 0 radical (unpaired) electrons. The van der Waals surface area contributed by atoms with Crippen molar-refractivity contribution in [1.82, 2.24) is 5.32 Å². The average Bonchev–Trinajstić information content (AvgIpc) is 2.69. The van der Waals surface area contributed by atoms with E-state index in [0.29, 0.717) is 33.9 Å². The normalized spacial score (nSPS) is 21.2. The zero-order valence-electron chi connectivity index (χ0n) is 11.1. The molecule has 1 fully saturated rings. The Morgan fingerprint density at radius 1 is 1.43 bits per heavy atom. The summed E-state index contributed by atoms with van der Waals surface area (Å²) in [5.74, 6) is -2.77. The number of carbonyl (C=O) groups excluding carboxylic acids is 1. The number of ether oxygens (including phenoxy) is 1. The van der Waals surface area contributed by atoms with Crippen molar-refractivity contribution in [2.24, 2.45) is 0 Å². The van der Waals surface area contributed by atoms with Crippen molar-refractivity contribution in [2.45, 2.75) is 36.1 Å². The van der Waals surface area contributed by atoms with Crippen molar-refractivity contribution in [3.05, 3.63) is 24.3 Å². The van der Waals surface area contributed by atoms with E-state index in [-0.39, 0.29) is 12.1 Å². The van der Waals surface area contributed by atoms with Crippen LogP contribution in [0.15, 0.2) is 29.2 Å². The van der Waals surface area contributed by atoms with Crippen molar-refractivity contribution >= 4 is 40.7 Å². The first-order valence-electron chi connectivity index (χ1n) is 6.27. The van der Waals surface area contributed by atoms with Gasteiger partial charge in [0.15, 0.2) is 5.11 Å². The van der Waals surface area contributed by atoms with E-state index in [0.717, 1.165) is 0 Å². The molecular weight excluding hydrogens is 318 g/mol. The molecular formula is C13H14F2N2O2S2. The van der Waals surface area contributed by atoms with Crippen LogP contribution in [-0.4, -0.2) is 29.0 Å². The molecule has 1 aromatic rings. The fraction of sp³-hybridized carbons (Fsp3) is 0.385. The predicted molar refractivity (Wildman–Crippen MR) is 81.6 cm³/mol. The molecule has 4 nitrogen and oxygen atoms in total. The smallest absolute Gasteiger partial charge is 0.329 e. The average molecular weight is 332 g/mol. The van der Waals surface area contributed by atoms with Crippen LogP contribution in [0.2, 0.25) is 0 Å². The first-order chi connectivity index (χ1) is 9.94. The van der Waals surface area contributed by atoms with Crippen molar-refractivity contribution < 1.29 is 18.3 Å². The summed E-state index contributed by atoms with van der Waals surface area (Å²) in [6.07, 6.45) is 0.438. The lowest BCUT2D eigenvalue weighted by Gasteiger charge is -2.13. The number of esters is 1. The molecule has 21 heavy (non-hydrogen) atoms. The number of thiocarbonyl (C=S) groups is 1. The van der Waals surface area contributed by atoms with Gasteiger partial charge < -0.3 is 15.4 Å². The summed E-state index contributed by atoms with van der Waals surface area (Å²) in [4.78, 5) is 11.9. The Bertz CT molecular complexity index is 525. The van der Waals surface area contributed by atoms with E-state index in [2.05, 4.69) is 10.6 Å². The first-order valence-corrected chi connectivity index (χ1v) is 7.55. The van der Waals surface area contributed by atoms with Gasteiger partial charge in [0.25, 0.3) is 5.76 Å². The Morgan fingerprint density at radius 2 is 2.10 bits per heavy atom. The van der Waals surface area contributed by atoms with Gasteiger partial charge in [0.2, 0.25) is 0 Å². The summed E-state index contributed by atoms with van der Waals surface area (Å²) < 4.78 is 29.4. The van der Waals surface area contributed by atoms with Gasteiger partial charge in [0.05, 0.1) is 0 Å². The monoisotopic (exact) mass is 332 g/mol. The summed E-state index contributed by atoms with van der Waals surface area (Å²) in [7, 11) is 0. The van der Waals surface area contributed by atoms with Crippen LogP contribution in [0.5, 0.6) is 0 Å². The van der Waals surface area contributed by atoms with Gasteiger partial charge in [-0.25, -0.2) is 4.79 Å². The highest BCUT2D eigenvalue weighted by molar-refractivity contribution is 7.99. The van der Waals surface area contributed by atoms with E-state index in [1.165, 1.54) is 0 Å². The minimum absolute atomic E-state index is 0.122. The highest BCUT2D eigenvalue weighted by atomic mass is 32.2. The van der Waals surface area contributed by atoms with Crippen LogP contribution in [0, 0.1) is 0 Å². The zero-order valence-corrected chi connectivity index (χ0v) is 12.8. The number of hydrogen-bond donors (Lipinski definition) is 2. The molecule has 114 valence electrons. The lowest BCUT2D eigenvalue weighted by molar-refractivity contribution is -0.142. The highest BCUT2D eigenvalue weighted by Gasteiger charge is 2.32. The maximum absolute atomic E-state index is 12.2. The number of hydrogen-bond acceptors (Lipinski definition) is 4. The van der Waals surface area contributed by atoms with E-state index in [4.69, 9.17) is 17.0 Å². The molecule has 1 aromatic carbocycles. The molecule has 1 aliphatic heterocycles. The summed E-state index contributed by atoms with van der Waals surface area (Å²) >= 11 is 5.59. The second-order valence-corrected chi connectivity index (χ2v) is 6.01. The second-order valence-electron chi connectivity index (χ2n) is 4.54. The van der Waals surface area contributed by atoms with Gasteiger partial charge in [-0.1, -0.05) is 11.8 Å². The molecule has 0 unspecified atom stereocenters. The molecule has 0 saturated carbocycles. The Morgan fingerprint density at radius 3 is 2.62 bits per heavy atom. The van der Waals surface area contributed by atoms with Crippen molar-refractivity contribution in [3.8, 4) is 0 Å². The topological polar surface area (TPSA) is 50.4 Å². The van der Waals surface area contributed by atoms with Gasteiger partial charge in [0.1, 0.15) is 12.1 Å². The highest BCUT2D eigenvalue weighted by Crippen LogP contribution is 2.26. The van der Waals surface area contributed by atoms with Crippen LogP contribution in [0.4, 0.5) is 14.5 Å². The van der Waals surface area contributed by atoms with Gasteiger partial charge >= 0.3 is 5.97 Å². The summed E-state index contributed by atoms with van der Waals surface area (Å²) in [5, 5.41) is 6.07. The van der Waals surface area contributed by atoms with Crippen LogP contribution in [0.3, 0.4) is 0 Å². The van der Waals surface area contributed by atoms with Crippen molar-refractivity contribution in [1.29, 1.82) is 0 Å². The molecule has 1 saturated heterocycles. The summed E-state index contributed by atoms with van der Waals surface area (Å²) in [6, 6.07) is 6.00. The third-order valence-electron chi connectivity index (χ3n) is 2.81. The molecule has 1 heterocycles. The Labute approximate surface area is 130 Å². The molecule has 2 N–H and O–H groups in total. The van der Waals surface area contributed by atoms with Crippen LogP contribution in [-0.2, 0) is 9.53 Å². The maximum atomic E-state index is 12.2. The van der Waals surface area contributed by atoms with E-state index in [9.17, 15) is 13.6 Å². The van der Waals surface area contributed by atoms with Crippen LogP contribution < -0.4 is 10.6 Å². The Balaban J connectivity index is 1.86. The van der Waals surface area contributed by atoms with Crippen molar-refractivity contribution in [3.63, 3.8) is 0 Å². The minimum atomic E-state index is -2.44. The number of cyclic esters (lactones) is 1. The number of thioether (sulfide) groups is 1. The SMILES string of the molecule is C[C@@H]1C[C@@H](NC(=S)Nc2ccc(SC(F)F)cc2)C(=O)O1. The van der Waals surface area contributed by atoms with E-state index >= 15 is 0 Å². The second kappa shape index (κ2) is 7.04. The van der Waals surface area contributed by atoms with Crippen LogP contribution in [0.1, 0.15) is 13.3 Å². The third kappa shape index (κ3) is 4.82. The van der Waals surface area contributed by atoms with Gasteiger partial charge in [-0.3, -0.25) is 0 Å². The lowest BCUT2D eigenvalue weighted by Crippen LogP contribution is -2.40. The largest absolute Gasteiger partial charge is 0.461 e. The Hall–Kier alpha value is -1.41. The van der Waals surface area contributed by atoms with E-state index in [1.54, 1.807) is 24.3 Å². The summed E-state index contributed by atoms with van der Waals surface area (Å²) in [6.45, 7) is 1.81. The predicted octanol–water partition coefficient (Wildman–Crippen LogP) is 2.99. The van der Waals surface area contributed by atoms with Crippen molar-refractivity contribution in [2.75, 3.05) is 5.32 Å². The number of anilines is 1. The number of alkyl halides is 2. The lowest BCUT2D eigenvalue weighted by atomic mass is 10.2. The number of halogens is 2. The van der Waals surface area contributed by atoms with Gasteiger partial charge in [0, 0.05) is 17.0 Å².